The number of nitrogens with one attached hydrogen (secondary N) is 1. The molecule has 1 atom stereocenters. The minimum Gasteiger partial charge on any atom is -0.354 e. The fourth-order valence-electron chi connectivity index (χ4n) is 4.04. The lowest BCUT2D eigenvalue weighted by atomic mass is 10.1. The number of rotatable bonds is 12. The van der Waals surface area contributed by atoms with E-state index in [0.29, 0.717) is 29.4 Å². The molecule has 1 N–H and O–H groups in total. The molecule has 226 valence electrons. The molecule has 0 saturated heterocycles. The van der Waals surface area contributed by atoms with Crippen molar-refractivity contribution in [2.45, 2.75) is 50.3 Å². The highest BCUT2D eigenvalue weighted by molar-refractivity contribution is 7.92. The largest absolute Gasteiger partial charge is 0.416 e. The highest BCUT2D eigenvalue weighted by Crippen LogP contribution is 2.37. The first-order chi connectivity index (χ1) is 19.8. The Labute approximate surface area is 247 Å². The van der Waals surface area contributed by atoms with Crippen molar-refractivity contribution in [3.8, 4) is 0 Å². The Morgan fingerprint density at radius 2 is 1.64 bits per heavy atom. The minimum absolute atomic E-state index is 0.0497. The second-order valence-corrected chi connectivity index (χ2v) is 11.7. The number of anilines is 1. The summed E-state index contributed by atoms with van der Waals surface area (Å²) in [6.45, 7) is 2.19. The van der Waals surface area contributed by atoms with Gasteiger partial charge >= 0.3 is 6.18 Å². The highest BCUT2D eigenvalue weighted by Gasteiger charge is 2.36. The predicted molar refractivity (Wildman–Crippen MR) is 152 cm³/mol. The van der Waals surface area contributed by atoms with Gasteiger partial charge in [0.1, 0.15) is 18.4 Å². The minimum atomic E-state index is -4.84. The summed E-state index contributed by atoms with van der Waals surface area (Å²) < 4.78 is 83.4. The lowest BCUT2D eigenvalue weighted by Gasteiger charge is -2.32. The lowest BCUT2D eigenvalue weighted by molar-refractivity contribution is -0.139. The normalized spacial score (nSPS) is 12.5. The molecule has 0 saturated carbocycles. The lowest BCUT2D eigenvalue weighted by Crippen LogP contribution is -2.51. The van der Waals surface area contributed by atoms with Crippen molar-refractivity contribution in [2.75, 3.05) is 17.4 Å². The van der Waals surface area contributed by atoms with Gasteiger partial charge in [0.25, 0.3) is 10.0 Å². The molecule has 3 aromatic rings. The molecule has 0 unspecified atom stereocenters. The number of alkyl halides is 3. The van der Waals surface area contributed by atoms with Gasteiger partial charge in [-0.2, -0.15) is 13.2 Å². The molecule has 0 aliphatic carbocycles. The summed E-state index contributed by atoms with van der Waals surface area (Å²) in [4.78, 5) is 27.5. The van der Waals surface area contributed by atoms with E-state index in [1.54, 1.807) is 6.07 Å². The van der Waals surface area contributed by atoms with Gasteiger partial charge in [0.15, 0.2) is 0 Å². The zero-order valence-corrected chi connectivity index (χ0v) is 24.4. The number of hydrogen-bond donors (Lipinski definition) is 1. The number of unbranched alkanes of at least 4 members (excludes halogenated alkanes) is 1. The van der Waals surface area contributed by atoms with Gasteiger partial charge in [-0.15, -0.1) is 0 Å². The van der Waals surface area contributed by atoms with Gasteiger partial charge in [0.05, 0.1) is 21.2 Å². The maximum absolute atomic E-state index is 14.6. The monoisotopic (exact) mass is 627 g/mol. The molecule has 7 nitrogen and oxygen atoms in total. The van der Waals surface area contributed by atoms with Gasteiger partial charge < -0.3 is 10.2 Å². The Hall–Kier alpha value is -3.64. The molecule has 0 heterocycles. The maximum Gasteiger partial charge on any atom is 0.416 e. The van der Waals surface area contributed by atoms with E-state index in [-0.39, 0.29) is 15.5 Å². The molecule has 0 spiro atoms. The molecule has 0 fully saturated rings. The van der Waals surface area contributed by atoms with E-state index in [9.17, 15) is 35.6 Å². The molecule has 0 aromatic heterocycles. The summed E-state index contributed by atoms with van der Waals surface area (Å²) in [7, 11) is -4.65. The van der Waals surface area contributed by atoms with Gasteiger partial charge in [-0.3, -0.25) is 13.9 Å². The average molecular weight is 628 g/mol. The molecule has 0 aliphatic heterocycles. The highest BCUT2D eigenvalue weighted by atomic mass is 35.5. The van der Waals surface area contributed by atoms with Crippen LogP contribution in [0.15, 0.2) is 77.7 Å². The molecule has 0 aliphatic rings. The van der Waals surface area contributed by atoms with Gasteiger partial charge in [-0.25, -0.2) is 12.8 Å². The fourth-order valence-corrected chi connectivity index (χ4v) is 5.76. The number of nitrogens with zero attached hydrogens (tertiary/aromatic N) is 2. The molecule has 3 rings (SSSR count). The maximum atomic E-state index is 14.6. The summed E-state index contributed by atoms with van der Waals surface area (Å²) in [5.74, 6) is -2.20. The standard InChI is InChI=1S/C29H30ClF4N3O4S/c1-3-4-16-35-28(39)20(2)36(18-21-10-8-9-13-25(21)31)27(38)19-37(42(40,41)23-11-6-5-7-12-23)26-17-22(29(32,33)34)14-15-24(26)30/h5-15,17,20H,3-4,16,18-19H2,1-2H3,(H,35,39)/t20-/m0/s1. The number of halogens is 5. The molecule has 3 aromatic carbocycles. The summed E-state index contributed by atoms with van der Waals surface area (Å²) in [6, 6.07) is 13.3. The molecule has 2 amide bonds. The van der Waals surface area contributed by atoms with Crippen LogP contribution in [-0.2, 0) is 32.3 Å². The molecule has 0 radical (unpaired) electrons. The zero-order valence-electron chi connectivity index (χ0n) is 22.9. The third-order valence-corrected chi connectivity index (χ3v) is 8.54. The third kappa shape index (κ3) is 8.01. The van der Waals surface area contributed by atoms with Crippen molar-refractivity contribution in [3.63, 3.8) is 0 Å². The second kappa shape index (κ2) is 14.0. The van der Waals surface area contributed by atoms with Crippen molar-refractivity contribution in [1.29, 1.82) is 0 Å². The van der Waals surface area contributed by atoms with Crippen molar-refractivity contribution < 1.29 is 35.6 Å². The molecule has 13 heteroatoms. The average Bonchev–Trinajstić information content (AvgIpc) is 2.95. The summed E-state index contributed by atoms with van der Waals surface area (Å²) in [6.07, 6.45) is -3.39. The number of carbonyl (C=O) groups excluding carboxylic acids is 2. The van der Waals surface area contributed by atoms with Crippen LogP contribution in [0.3, 0.4) is 0 Å². The van der Waals surface area contributed by atoms with E-state index >= 15 is 0 Å². The number of benzene rings is 3. The van der Waals surface area contributed by atoms with E-state index in [2.05, 4.69) is 5.32 Å². The van der Waals surface area contributed by atoms with Crippen LogP contribution >= 0.6 is 11.6 Å². The van der Waals surface area contributed by atoms with Crippen LogP contribution in [0, 0.1) is 5.82 Å². The molecule has 42 heavy (non-hydrogen) atoms. The number of hydrogen-bond acceptors (Lipinski definition) is 4. The number of carbonyl (C=O) groups is 2. The quantitative estimate of drug-likeness (QED) is 0.196. The van der Waals surface area contributed by atoms with Crippen LogP contribution in [-0.4, -0.2) is 44.3 Å². The Kier molecular flexibility index (Phi) is 11.0. The van der Waals surface area contributed by atoms with Crippen LogP contribution in [0.5, 0.6) is 0 Å². The van der Waals surface area contributed by atoms with Crippen LogP contribution in [0.1, 0.15) is 37.8 Å². The molecular weight excluding hydrogens is 598 g/mol. The van der Waals surface area contributed by atoms with Gasteiger partial charge in [-0.05, 0) is 49.7 Å². The van der Waals surface area contributed by atoms with Crippen LogP contribution < -0.4 is 9.62 Å². The van der Waals surface area contributed by atoms with Crippen LogP contribution in [0.4, 0.5) is 23.2 Å². The van der Waals surface area contributed by atoms with Crippen LogP contribution in [0.2, 0.25) is 5.02 Å². The Morgan fingerprint density at radius 3 is 2.26 bits per heavy atom. The van der Waals surface area contributed by atoms with Gasteiger partial charge in [-0.1, -0.05) is 61.3 Å². The Bertz CT molecular complexity index is 1500. The van der Waals surface area contributed by atoms with Crippen molar-refractivity contribution >= 4 is 39.1 Å². The Balaban J connectivity index is 2.11. The SMILES string of the molecule is CCCCNC(=O)[C@H](C)N(Cc1ccccc1F)C(=O)CN(c1cc(C(F)(F)F)ccc1Cl)S(=O)(=O)c1ccccc1. The number of amides is 2. The second-order valence-electron chi connectivity index (χ2n) is 9.42. The first-order valence-corrected chi connectivity index (χ1v) is 14.8. The first-order valence-electron chi connectivity index (χ1n) is 13.0. The van der Waals surface area contributed by atoms with E-state index in [1.165, 1.54) is 55.5 Å². The van der Waals surface area contributed by atoms with Crippen LogP contribution in [0.25, 0.3) is 0 Å². The first kappa shape index (κ1) is 32.9. The topological polar surface area (TPSA) is 86.8 Å². The Morgan fingerprint density at radius 1 is 1.00 bits per heavy atom. The smallest absolute Gasteiger partial charge is 0.354 e. The molecule has 0 bridgehead atoms. The zero-order chi connectivity index (χ0) is 31.1. The number of sulfonamides is 1. The van der Waals surface area contributed by atoms with E-state index < -0.39 is 64.2 Å². The van der Waals surface area contributed by atoms with E-state index in [1.807, 2.05) is 6.92 Å². The predicted octanol–water partition coefficient (Wildman–Crippen LogP) is 6.03. The summed E-state index contributed by atoms with van der Waals surface area (Å²) in [5.41, 5.74) is -1.72. The van der Waals surface area contributed by atoms with Crippen molar-refractivity contribution in [1.82, 2.24) is 10.2 Å². The fraction of sp³-hybridized carbons (Fsp3) is 0.310. The summed E-state index contributed by atoms with van der Waals surface area (Å²) in [5, 5.41) is 2.33. The van der Waals surface area contributed by atoms with Crippen molar-refractivity contribution in [2.24, 2.45) is 0 Å². The third-order valence-electron chi connectivity index (χ3n) is 6.45. The van der Waals surface area contributed by atoms with Crippen molar-refractivity contribution in [3.05, 3.63) is 94.8 Å². The van der Waals surface area contributed by atoms with Gasteiger partial charge in [0, 0.05) is 18.7 Å². The molecular formula is C29H30ClF4N3O4S. The van der Waals surface area contributed by atoms with Gasteiger partial charge in [0.2, 0.25) is 11.8 Å². The summed E-state index contributed by atoms with van der Waals surface area (Å²) >= 11 is 6.22. The van der Waals surface area contributed by atoms with E-state index in [4.69, 9.17) is 11.6 Å². The van der Waals surface area contributed by atoms with E-state index in [0.717, 1.165) is 17.4 Å².